The van der Waals surface area contributed by atoms with Gasteiger partial charge in [-0.15, -0.1) is 0 Å². The predicted octanol–water partition coefficient (Wildman–Crippen LogP) is 3.46. The lowest BCUT2D eigenvalue weighted by molar-refractivity contribution is 0.270. The largest absolute Gasteiger partial charge is 0.316 e. The van der Waals surface area contributed by atoms with E-state index in [1.165, 1.54) is 0 Å². The third kappa shape index (κ3) is 2.30. The van der Waals surface area contributed by atoms with Gasteiger partial charge in [0.1, 0.15) is 0 Å². The topological polar surface area (TPSA) is 29.1 Å². The molecule has 0 aliphatic carbocycles. The van der Waals surface area contributed by atoms with Crippen LogP contribution in [0.3, 0.4) is 0 Å². The number of halogens is 2. The zero-order chi connectivity index (χ0) is 9.14. The fourth-order valence-corrected chi connectivity index (χ4v) is 1.18. The van der Waals surface area contributed by atoms with Gasteiger partial charge in [0, 0.05) is 0 Å². The van der Waals surface area contributed by atoms with Crippen molar-refractivity contribution in [2.45, 2.75) is 0 Å². The van der Waals surface area contributed by atoms with Gasteiger partial charge in [0.2, 0.25) is 0 Å². The number of hydrogen-bond acceptors (Lipinski definition) is 1. The number of rotatable bonds is 1. The lowest BCUT2D eigenvalue weighted by atomic mass is 10.3. The Hall–Kier alpha value is -0.380. The quantitative estimate of drug-likeness (QED) is 0.700. The lowest BCUT2D eigenvalue weighted by Crippen LogP contribution is -2.01. The Morgan fingerprint density at radius 1 is 1.42 bits per heavy atom. The molecule has 0 aromatic heterocycles. The molecular weight excluding hydrogens is 217 g/mol. The van der Waals surface area contributed by atoms with Crippen molar-refractivity contribution >= 4 is 46.8 Å². The standard InChI is InChI=1S/C7H5Cl2NOS/c8-4-2-1-3-5(6(4)9)10-7(11)12/h1-3H,(H2,10,11,12). The van der Waals surface area contributed by atoms with Crippen LogP contribution in [-0.2, 0) is 0 Å². The molecule has 1 aromatic carbocycles. The van der Waals surface area contributed by atoms with Crippen LogP contribution in [0, 0.1) is 0 Å². The smallest absolute Gasteiger partial charge is 0.280 e. The Bertz CT molecular complexity index is 316. The molecule has 1 rings (SSSR count). The Kier molecular flexibility index (Phi) is 3.26. The Balaban J connectivity index is 3.00. The van der Waals surface area contributed by atoms with Crippen molar-refractivity contribution in [2.75, 3.05) is 5.32 Å². The van der Waals surface area contributed by atoms with E-state index >= 15 is 0 Å². The summed E-state index contributed by atoms with van der Waals surface area (Å²) in [6, 6.07) is 4.97. The van der Waals surface area contributed by atoms with Gasteiger partial charge in [-0.1, -0.05) is 41.9 Å². The van der Waals surface area contributed by atoms with Gasteiger partial charge in [-0.05, 0) is 12.1 Å². The fourth-order valence-electron chi connectivity index (χ4n) is 0.716. The van der Waals surface area contributed by atoms with E-state index in [1.807, 2.05) is 0 Å². The van der Waals surface area contributed by atoms with E-state index in [-0.39, 0.29) is 0 Å². The second-order valence-corrected chi connectivity index (χ2v) is 3.22. The molecule has 0 heterocycles. The molecule has 0 unspecified atom stereocenters. The van der Waals surface area contributed by atoms with Crippen LogP contribution in [0.4, 0.5) is 10.5 Å². The van der Waals surface area contributed by atoms with Gasteiger partial charge in [0.25, 0.3) is 5.24 Å². The molecule has 12 heavy (non-hydrogen) atoms. The monoisotopic (exact) mass is 221 g/mol. The predicted molar refractivity (Wildman–Crippen MR) is 54.5 cm³/mol. The summed E-state index contributed by atoms with van der Waals surface area (Å²) in [5, 5.41) is 2.67. The molecule has 0 aliphatic heterocycles. The minimum absolute atomic E-state index is 0.321. The molecule has 0 atom stereocenters. The Morgan fingerprint density at radius 3 is 2.67 bits per heavy atom. The molecule has 0 saturated heterocycles. The minimum atomic E-state index is -0.473. The number of nitrogens with one attached hydrogen (secondary N) is 1. The molecule has 0 aliphatic rings. The second kappa shape index (κ2) is 4.03. The number of amides is 1. The maximum atomic E-state index is 10.5. The van der Waals surface area contributed by atoms with Gasteiger partial charge in [0.15, 0.2) is 0 Å². The van der Waals surface area contributed by atoms with Gasteiger partial charge < -0.3 is 5.32 Å². The van der Waals surface area contributed by atoms with Crippen molar-refractivity contribution < 1.29 is 4.79 Å². The van der Waals surface area contributed by atoms with E-state index in [4.69, 9.17) is 23.2 Å². The zero-order valence-electron chi connectivity index (χ0n) is 5.84. The van der Waals surface area contributed by atoms with Crippen LogP contribution in [0.5, 0.6) is 0 Å². The first-order valence-electron chi connectivity index (χ1n) is 3.05. The number of anilines is 1. The number of thiol groups is 1. The van der Waals surface area contributed by atoms with E-state index in [0.717, 1.165) is 0 Å². The number of carbonyl (C=O) groups excluding carboxylic acids is 1. The highest BCUT2D eigenvalue weighted by molar-refractivity contribution is 7.96. The van der Waals surface area contributed by atoms with Crippen LogP contribution < -0.4 is 5.32 Å². The van der Waals surface area contributed by atoms with E-state index in [1.54, 1.807) is 18.2 Å². The van der Waals surface area contributed by atoms with Crippen molar-refractivity contribution in [1.29, 1.82) is 0 Å². The highest BCUT2D eigenvalue weighted by Crippen LogP contribution is 2.29. The Labute approximate surface area is 85.3 Å². The molecule has 1 aromatic rings. The van der Waals surface area contributed by atoms with Crippen LogP contribution in [0.15, 0.2) is 18.2 Å². The number of benzene rings is 1. The third-order valence-electron chi connectivity index (χ3n) is 1.19. The molecule has 0 spiro atoms. The molecule has 0 radical (unpaired) electrons. The van der Waals surface area contributed by atoms with E-state index in [9.17, 15) is 4.79 Å². The zero-order valence-corrected chi connectivity index (χ0v) is 8.25. The van der Waals surface area contributed by atoms with Crippen LogP contribution in [0.1, 0.15) is 0 Å². The highest BCUT2D eigenvalue weighted by Gasteiger charge is 2.04. The van der Waals surface area contributed by atoms with Gasteiger partial charge in [-0.3, -0.25) is 4.79 Å². The maximum Gasteiger partial charge on any atom is 0.280 e. The van der Waals surface area contributed by atoms with E-state index < -0.39 is 5.24 Å². The molecule has 2 nitrogen and oxygen atoms in total. The average molecular weight is 222 g/mol. The van der Waals surface area contributed by atoms with Crippen LogP contribution >= 0.6 is 35.8 Å². The minimum Gasteiger partial charge on any atom is -0.316 e. The van der Waals surface area contributed by atoms with Gasteiger partial charge in [-0.2, -0.15) is 0 Å². The average Bonchev–Trinajstić information content (AvgIpc) is 1.98. The van der Waals surface area contributed by atoms with Gasteiger partial charge in [0.05, 0.1) is 15.7 Å². The van der Waals surface area contributed by atoms with E-state index in [0.29, 0.717) is 15.7 Å². The summed E-state index contributed by atoms with van der Waals surface area (Å²) in [6.45, 7) is 0. The molecule has 1 amide bonds. The van der Waals surface area contributed by atoms with Crippen LogP contribution in [0.2, 0.25) is 10.0 Å². The molecule has 0 fully saturated rings. The number of carbonyl (C=O) groups is 1. The molecule has 64 valence electrons. The number of hydrogen-bond donors (Lipinski definition) is 2. The molecular formula is C7H5Cl2NOS. The van der Waals surface area contributed by atoms with Crippen molar-refractivity contribution in [3.63, 3.8) is 0 Å². The maximum absolute atomic E-state index is 10.5. The summed E-state index contributed by atoms with van der Waals surface area (Å²) in [4.78, 5) is 10.5. The van der Waals surface area contributed by atoms with E-state index in [2.05, 4.69) is 17.9 Å². The van der Waals surface area contributed by atoms with Crippen LogP contribution in [-0.4, -0.2) is 5.24 Å². The molecule has 1 N–H and O–H groups in total. The highest BCUT2D eigenvalue weighted by atomic mass is 35.5. The normalized spacial score (nSPS) is 9.58. The first kappa shape index (κ1) is 9.71. The summed E-state index contributed by atoms with van der Waals surface area (Å²) >= 11 is 15.0. The lowest BCUT2D eigenvalue weighted by Gasteiger charge is -2.04. The summed E-state index contributed by atoms with van der Waals surface area (Å²) in [5.41, 5.74) is 0.462. The Morgan fingerprint density at radius 2 is 2.08 bits per heavy atom. The summed E-state index contributed by atoms with van der Waals surface area (Å²) in [5.74, 6) is 0. The van der Waals surface area contributed by atoms with Gasteiger partial charge in [-0.25, -0.2) is 0 Å². The molecule has 0 saturated carbocycles. The van der Waals surface area contributed by atoms with Gasteiger partial charge >= 0.3 is 0 Å². The summed E-state index contributed by atoms with van der Waals surface area (Å²) in [7, 11) is 0. The summed E-state index contributed by atoms with van der Waals surface area (Å²) in [6.07, 6.45) is 0. The molecule has 5 heteroatoms. The third-order valence-corrected chi connectivity index (χ3v) is 2.12. The van der Waals surface area contributed by atoms with Crippen molar-refractivity contribution in [2.24, 2.45) is 0 Å². The van der Waals surface area contributed by atoms with Crippen molar-refractivity contribution in [3.05, 3.63) is 28.2 Å². The fraction of sp³-hybridized carbons (Fsp3) is 0. The van der Waals surface area contributed by atoms with Crippen LogP contribution in [0.25, 0.3) is 0 Å². The second-order valence-electron chi connectivity index (χ2n) is 2.03. The SMILES string of the molecule is O=C(S)Nc1cccc(Cl)c1Cl. The summed E-state index contributed by atoms with van der Waals surface area (Å²) < 4.78 is 0. The van der Waals surface area contributed by atoms with Crippen molar-refractivity contribution in [1.82, 2.24) is 0 Å². The molecule has 0 bridgehead atoms. The van der Waals surface area contributed by atoms with Crippen molar-refractivity contribution in [3.8, 4) is 0 Å². The first-order valence-corrected chi connectivity index (χ1v) is 4.25. The first-order chi connectivity index (χ1) is 5.61.